The third kappa shape index (κ3) is 8.30. The van der Waals surface area contributed by atoms with Crippen LogP contribution in [0.4, 0.5) is 10.1 Å². The van der Waals surface area contributed by atoms with Gasteiger partial charge in [-0.25, -0.2) is 12.8 Å². The summed E-state index contributed by atoms with van der Waals surface area (Å²) in [6.07, 6.45) is 5.04. The summed E-state index contributed by atoms with van der Waals surface area (Å²) >= 11 is 5.95. The number of halogens is 2. The molecular weight excluding hydrogens is 565 g/mol. The van der Waals surface area contributed by atoms with Crippen molar-refractivity contribution < 1.29 is 22.4 Å². The summed E-state index contributed by atoms with van der Waals surface area (Å²) in [5.41, 5.74) is 2.72. The van der Waals surface area contributed by atoms with E-state index in [1.54, 1.807) is 0 Å². The van der Waals surface area contributed by atoms with Gasteiger partial charge in [-0.15, -0.1) is 0 Å². The predicted molar refractivity (Wildman–Crippen MR) is 160 cm³/mol. The van der Waals surface area contributed by atoms with E-state index in [0.29, 0.717) is 0 Å². The molecule has 10 heteroatoms. The van der Waals surface area contributed by atoms with Crippen molar-refractivity contribution in [2.75, 3.05) is 17.1 Å². The maximum atomic E-state index is 14.1. The molecule has 41 heavy (non-hydrogen) atoms. The minimum Gasteiger partial charge on any atom is -0.352 e. The van der Waals surface area contributed by atoms with Crippen LogP contribution in [0.1, 0.15) is 42.4 Å². The average molecular weight is 600 g/mol. The number of hydrogen-bond acceptors (Lipinski definition) is 4. The third-order valence-electron chi connectivity index (χ3n) is 7.28. The third-order valence-corrected chi connectivity index (χ3v) is 8.71. The summed E-state index contributed by atoms with van der Waals surface area (Å²) in [7, 11) is -3.98. The van der Waals surface area contributed by atoms with Crippen LogP contribution in [-0.2, 0) is 32.6 Å². The Kier molecular flexibility index (Phi) is 10.0. The zero-order chi connectivity index (χ0) is 29.6. The summed E-state index contributed by atoms with van der Waals surface area (Å²) in [5.74, 6) is -1.56. The van der Waals surface area contributed by atoms with E-state index in [1.165, 1.54) is 17.0 Å². The number of sulfonamides is 1. The molecule has 1 fully saturated rings. The summed E-state index contributed by atoms with van der Waals surface area (Å²) in [6.45, 7) is 1.44. The van der Waals surface area contributed by atoms with Gasteiger partial charge in [0.2, 0.25) is 21.8 Å². The van der Waals surface area contributed by atoms with E-state index in [9.17, 15) is 22.4 Å². The van der Waals surface area contributed by atoms with Crippen molar-refractivity contribution in [2.45, 2.75) is 57.7 Å². The van der Waals surface area contributed by atoms with E-state index in [-0.39, 0.29) is 35.6 Å². The van der Waals surface area contributed by atoms with Crippen LogP contribution in [0, 0.1) is 12.7 Å². The monoisotopic (exact) mass is 599 g/mol. The SMILES string of the molecule is Cc1cccc(CN(C(=O)CN(c2ccc(F)c(Cl)c2)S(C)(=O)=O)[C@@H](Cc2ccccc2)C(=O)NC2CCCC2)c1. The zero-order valence-corrected chi connectivity index (χ0v) is 24.8. The molecule has 1 saturated carbocycles. The molecular formula is C31H35ClFN3O4S. The standard InChI is InChI=1S/C31H35ClFN3O4S/c1-22-9-8-12-24(17-22)20-35(30(37)21-36(41(2,39)40)26-15-16-28(33)27(32)19-26)29(18-23-10-4-3-5-11-23)31(38)34-25-13-6-7-14-25/h3-5,8-12,15-17,19,25,29H,6-7,13-14,18,20-21H2,1-2H3,(H,34,38)/t29-/m0/s1. The Labute approximate surface area is 246 Å². The Morgan fingerprint density at radius 2 is 1.68 bits per heavy atom. The highest BCUT2D eigenvalue weighted by atomic mass is 35.5. The van der Waals surface area contributed by atoms with Crippen LogP contribution in [0.3, 0.4) is 0 Å². The summed E-state index contributed by atoms with van der Waals surface area (Å²) < 4.78 is 40.5. The van der Waals surface area contributed by atoms with Crippen LogP contribution < -0.4 is 9.62 Å². The highest BCUT2D eigenvalue weighted by Gasteiger charge is 2.34. The van der Waals surface area contributed by atoms with Crippen LogP contribution in [0.2, 0.25) is 5.02 Å². The molecule has 3 aromatic carbocycles. The molecule has 7 nitrogen and oxygen atoms in total. The van der Waals surface area contributed by atoms with Gasteiger partial charge in [-0.2, -0.15) is 0 Å². The van der Waals surface area contributed by atoms with Crippen molar-refractivity contribution in [1.29, 1.82) is 0 Å². The van der Waals surface area contributed by atoms with Gasteiger partial charge in [-0.05, 0) is 49.1 Å². The summed E-state index contributed by atoms with van der Waals surface area (Å²) in [6, 6.07) is 19.7. The van der Waals surface area contributed by atoms with Crippen LogP contribution in [0.25, 0.3) is 0 Å². The second-order valence-electron chi connectivity index (χ2n) is 10.6. The van der Waals surface area contributed by atoms with Gasteiger partial charge in [-0.1, -0.05) is 84.6 Å². The van der Waals surface area contributed by atoms with Crippen molar-refractivity contribution in [1.82, 2.24) is 10.2 Å². The number of anilines is 1. The fraction of sp³-hybridized carbons (Fsp3) is 0.355. The first-order valence-corrected chi connectivity index (χ1v) is 15.9. The maximum absolute atomic E-state index is 14.1. The lowest BCUT2D eigenvalue weighted by Gasteiger charge is -2.34. The molecule has 0 aliphatic heterocycles. The molecule has 3 aromatic rings. The van der Waals surface area contributed by atoms with Crippen LogP contribution in [-0.4, -0.2) is 50.0 Å². The van der Waals surface area contributed by atoms with Gasteiger partial charge in [0, 0.05) is 19.0 Å². The van der Waals surface area contributed by atoms with Gasteiger partial charge in [0.25, 0.3) is 0 Å². The first-order valence-electron chi connectivity index (χ1n) is 13.6. The molecule has 0 saturated heterocycles. The van der Waals surface area contributed by atoms with E-state index in [4.69, 9.17) is 11.6 Å². The molecule has 1 atom stereocenters. The maximum Gasteiger partial charge on any atom is 0.244 e. The first kappa shape index (κ1) is 30.5. The smallest absolute Gasteiger partial charge is 0.244 e. The lowest BCUT2D eigenvalue weighted by Crippen LogP contribution is -2.54. The molecule has 1 aliphatic carbocycles. The lowest BCUT2D eigenvalue weighted by atomic mass is 10.0. The largest absolute Gasteiger partial charge is 0.352 e. The van der Waals surface area contributed by atoms with Crippen molar-refractivity contribution in [3.63, 3.8) is 0 Å². The Bertz CT molecular complexity index is 1480. The van der Waals surface area contributed by atoms with E-state index >= 15 is 0 Å². The van der Waals surface area contributed by atoms with Crippen molar-refractivity contribution in [3.8, 4) is 0 Å². The molecule has 0 unspecified atom stereocenters. The van der Waals surface area contributed by atoms with Gasteiger partial charge < -0.3 is 10.2 Å². The number of amides is 2. The van der Waals surface area contributed by atoms with E-state index in [1.807, 2.05) is 61.5 Å². The van der Waals surface area contributed by atoms with Crippen LogP contribution >= 0.6 is 11.6 Å². The second-order valence-corrected chi connectivity index (χ2v) is 12.9. The fourth-order valence-corrected chi connectivity index (χ4v) is 6.20. The minimum atomic E-state index is -3.98. The van der Waals surface area contributed by atoms with Gasteiger partial charge in [-0.3, -0.25) is 13.9 Å². The quantitative estimate of drug-likeness (QED) is 0.326. The molecule has 0 aromatic heterocycles. The molecule has 0 bridgehead atoms. The molecule has 1 aliphatic rings. The Morgan fingerprint density at radius 3 is 2.32 bits per heavy atom. The topological polar surface area (TPSA) is 86.8 Å². The van der Waals surface area contributed by atoms with Crippen molar-refractivity contribution in [3.05, 3.63) is 100 Å². The molecule has 0 radical (unpaired) electrons. The highest BCUT2D eigenvalue weighted by Crippen LogP contribution is 2.26. The van der Waals surface area contributed by atoms with Crippen molar-refractivity contribution in [2.24, 2.45) is 0 Å². The molecule has 4 rings (SSSR count). The van der Waals surface area contributed by atoms with E-state index < -0.39 is 34.3 Å². The van der Waals surface area contributed by atoms with Crippen molar-refractivity contribution >= 4 is 39.1 Å². The van der Waals surface area contributed by atoms with Gasteiger partial charge in [0.1, 0.15) is 18.4 Å². The number of carbonyl (C=O) groups excluding carboxylic acids is 2. The number of rotatable bonds is 11. The van der Waals surface area contributed by atoms with Gasteiger partial charge in [0.05, 0.1) is 17.0 Å². The first-order chi connectivity index (χ1) is 19.5. The molecule has 0 spiro atoms. The van der Waals surface area contributed by atoms with E-state index in [2.05, 4.69) is 5.32 Å². The number of benzene rings is 3. The highest BCUT2D eigenvalue weighted by molar-refractivity contribution is 7.92. The lowest BCUT2D eigenvalue weighted by molar-refractivity contribution is -0.140. The normalized spacial score (nSPS) is 14.4. The number of nitrogens with zero attached hydrogens (tertiary/aromatic N) is 2. The second kappa shape index (κ2) is 13.5. The Morgan fingerprint density at radius 1 is 1.00 bits per heavy atom. The Balaban J connectivity index is 1.73. The number of carbonyl (C=O) groups is 2. The number of hydrogen-bond donors (Lipinski definition) is 1. The zero-order valence-electron chi connectivity index (χ0n) is 23.2. The van der Waals surface area contributed by atoms with Gasteiger partial charge in [0.15, 0.2) is 0 Å². The number of nitrogens with one attached hydrogen (secondary N) is 1. The molecule has 2 amide bonds. The molecule has 1 N–H and O–H groups in total. The molecule has 218 valence electrons. The minimum absolute atomic E-state index is 0.0329. The molecule has 0 heterocycles. The van der Waals surface area contributed by atoms with Crippen LogP contribution in [0.5, 0.6) is 0 Å². The fourth-order valence-electron chi connectivity index (χ4n) is 5.18. The number of aryl methyl sites for hydroxylation is 1. The summed E-state index contributed by atoms with van der Waals surface area (Å²) in [5, 5.41) is 2.87. The van der Waals surface area contributed by atoms with E-state index in [0.717, 1.165) is 59.0 Å². The van der Waals surface area contributed by atoms with Gasteiger partial charge >= 0.3 is 0 Å². The summed E-state index contributed by atoms with van der Waals surface area (Å²) in [4.78, 5) is 29.4. The average Bonchev–Trinajstić information content (AvgIpc) is 3.44. The van der Waals surface area contributed by atoms with Crippen LogP contribution in [0.15, 0.2) is 72.8 Å². The Hall–Kier alpha value is -3.43. The predicted octanol–water partition coefficient (Wildman–Crippen LogP) is 5.25.